The van der Waals surface area contributed by atoms with Gasteiger partial charge in [-0.25, -0.2) is 0 Å². The zero-order valence-electron chi connectivity index (χ0n) is 7.75. The highest BCUT2D eigenvalue weighted by Gasteiger charge is 2.14. The number of aliphatic hydroxyl groups is 1. The third kappa shape index (κ3) is 4.04. The molecule has 0 spiro atoms. The van der Waals surface area contributed by atoms with E-state index in [2.05, 4.69) is 5.32 Å². The van der Waals surface area contributed by atoms with E-state index >= 15 is 0 Å². The van der Waals surface area contributed by atoms with E-state index in [1.165, 1.54) is 12.8 Å². The lowest BCUT2D eigenvalue weighted by atomic mass is 10.2. The van der Waals surface area contributed by atoms with Gasteiger partial charge < -0.3 is 15.2 Å². The molecule has 0 aromatic rings. The maximum atomic E-state index is 8.95. The van der Waals surface area contributed by atoms with E-state index in [1.54, 1.807) is 6.92 Å². The van der Waals surface area contributed by atoms with E-state index < -0.39 is 0 Å². The van der Waals surface area contributed by atoms with Gasteiger partial charge in [-0.05, 0) is 32.7 Å². The van der Waals surface area contributed by atoms with Gasteiger partial charge in [0.25, 0.3) is 0 Å². The number of aliphatic hydroxyl groups excluding tert-OH is 1. The van der Waals surface area contributed by atoms with Crippen molar-refractivity contribution in [2.24, 2.45) is 0 Å². The van der Waals surface area contributed by atoms with Crippen LogP contribution in [0, 0.1) is 0 Å². The predicted octanol–water partition coefficient (Wildman–Crippen LogP) is 0.526. The molecule has 2 N–H and O–H groups in total. The molecule has 72 valence electrons. The molecule has 1 fully saturated rings. The molecule has 2 atom stereocenters. The third-order valence-corrected chi connectivity index (χ3v) is 2.11. The van der Waals surface area contributed by atoms with Crippen molar-refractivity contribution in [2.45, 2.75) is 38.4 Å². The molecule has 1 aliphatic heterocycles. The van der Waals surface area contributed by atoms with Crippen LogP contribution in [0.1, 0.15) is 26.2 Å². The number of hydrogen-bond donors (Lipinski definition) is 2. The standard InChI is InChI=1S/C9H19NO2/c1-8(11)7-10-5-4-9-3-2-6-12-9/h8-11H,2-7H2,1H3/t8-,9?/m1/s1. The Bertz CT molecular complexity index is 111. The first kappa shape index (κ1) is 9.96. The average molecular weight is 173 g/mol. The van der Waals surface area contributed by atoms with Crippen LogP contribution in [0.15, 0.2) is 0 Å². The second kappa shape index (κ2) is 5.51. The summed E-state index contributed by atoms with van der Waals surface area (Å²) in [7, 11) is 0. The molecule has 1 saturated heterocycles. The lowest BCUT2D eigenvalue weighted by Crippen LogP contribution is -2.27. The molecule has 0 saturated carbocycles. The topological polar surface area (TPSA) is 41.5 Å². The fourth-order valence-electron chi connectivity index (χ4n) is 1.45. The average Bonchev–Trinajstić information content (AvgIpc) is 2.49. The molecule has 0 aromatic carbocycles. The van der Waals surface area contributed by atoms with Gasteiger partial charge in [0.2, 0.25) is 0 Å². The lowest BCUT2D eigenvalue weighted by molar-refractivity contribution is 0.103. The number of rotatable bonds is 5. The fraction of sp³-hybridized carbons (Fsp3) is 1.00. The summed E-state index contributed by atoms with van der Waals surface area (Å²) in [6, 6.07) is 0. The number of ether oxygens (including phenoxy) is 1. The summed E-state index contributed by atoms with van der Waals surface area (Å²) in [5.41, 5.74) is 0. The van der Waals surface area contributed by atoms with Crippen molar-refractivity contribution in [3.63, 3.8) is 0 Å². The van der Waals surface area contributed by atoms with Gasteiger partial charge in [-0.2, -0.15) is 0 Å². The first-order valence-electron chi connectivity index (χ1n) is 4.79. The van der Waals surface area contributed by atoms with Crippen LogP contribution in [-0.2, 0) is 4.74 Å². The van der Waals surface area contributed by atoms with Gasteiger partial charge in [0.05, 0.1) is 12.2 Å². The summed E-state index contributed by atoms with van der Waals surface area (Å²) < 4.78 is 5.46. The van der Waals surface area contributed by atoms with E-state index in [0.717, 1.165) is 19.6 Å². The monoisotopic (exact) mass is 173 g/mol. The quantitative estimate of drug-likeness (QED) is 0.596. The molecule has 0 radical (unpaired) electrons. The zero-order chi connectivity index (χ0) is 8.81. The molecule has 12 heavy (non-hydrogen) atoms. The highest BCUT2D eigenvalue weighted by atomic mass is 16.5. The first-order chi connectivity index (χ1) is 5.79. The van der Waals surface area contributed by atoms with Crippen LogP contribution in [0.25, 0.3) is 0 Å². The summed E-state index contributed by atoms with van der Waals surface area (Å²) in [5.74, 6) is 0. The Labute approximate surface area is 74.1 Å². The predicted molar refractivity (Wildman–Crippen MR) is 48.1 cm³/mol. The van der Waals surface area contributed by atoms with Crippen LogP contribution in [0.5, 0.6) is 0 Å². The summed E-state index contributed by atoms with van der Waals surface area (Å²) in [4.78, 5) is 0. The molecule has 1 aliphatic rings. The Morgan fingerprint density at radius 1 is 1.67 bits per heavy atom. The molecular formula is C9H19NO2. The van der Waals surface area contributed by atoms with Crippen molar-refractivity contribution in [1.82, 2.24) is 5.32 Å². The van der Waals surface area contributed by atoms with Crippen molar-refractivity contribution < 1.29 is 9.84 Å². The minimum absolute atomic E-state index is 0.241. The van der Waals surface area contributed by atoms with Crippen LogP contribution in [0.3, 0.4) is 0 Å². The molecule has 3 heteroatoms. The highest BCUT2D eigenvalue weighted by Crippen LogP contribution is 2.14. The van der Waals surface area contributed by atoms with Crippen molar-refractivity contribution in [3.05, 3.63) is 0 Å². The van der Waals surface area contributed by atoms with Crippen LogP contribution < -0.4 is 5.32 Å². The third-order valence-electron chi connectivity index (χ3n) is 2.11. The van der Waals surface area contributed by atoms with E-state index in [9.17, 15) is 0 Å². The lowest BCUT2D eigenvalue weighted by Gasteiger charge is -2.10. The summed E-state index contributed by atoms with van der Waals surface area (Å²) >= 11 is 0. The zero-order valence-corrected chi connectivity index (χ0v) is 7.75. The van der Waals surface area contributed by atoms with Crippen molar-refractivity contribution >= 4 is 0 Å². The smallest absolute Gasteiger partial charge is 0.0636 e. The van der Waals surface area contributed by atoms with Gasteiger partial charge in [-0.15, -0.1) is 0 Å². The summed E-state index contributed by atoms with van der Waals surface area (Å²) in [6.45, 7) is 4.36. The molecule has 0 aliphatic carbocycles. The van der Waals surface area contributed by atoms with Gasteiger partial charge in [-0.1, -0.05) is 0 Å². The van der Waals surface area contributed by atoms with Crippen LogP contribution in [0.4, 0.5) is 0 Å². The summed E-state index contributed by atoms with van der Waals surface area (Å²) in [5, 5.41) is 12.1. The van der Waals surface area contributed by atoms with Crippen molar-refractivity contribution in [1.29, 1.82) is 0 Å². The molecule has 1 heterocycles. The minimum Gasteiger partial charge on any atom is -0.392 e. The van der Waals surface area contributed by atoms with Gasteiger partial charge in [0.1, 0.15) is 0 Å². The SMILES string of the molecule is C[C@@H](O)CNCCC1CCCO1. The van der Waals surface area contributed by atoms with Crippen LogP contribution >= 0.6 is 0 Å². The largest absolute Gasteiger partial charge is 0.392 e. The molecule has 0 amide bonds. The maximum Gasteiger partial charge on any atom is 0.0636 e. The molecule has 0 aromatic heterocycles. The Morgan fingerprint density at radius 2 is 2.50 bits per heavy atom. The molecular weight excluding hydrogens is 154 g/mol. The van der Waals surface area contributed by atoms with Crippen molar-refractivity contribution in [2.75, 3.05) is 19.7 Å². The van der Waals surface area contributed by atoms with Crippen LogP contribution in [-0.4, -0.2) is 37.0 Å². The Hall–Kier alpha value is -0.120. The number of hydrogen-bond acceptors (Lipinski definition) is 3. The van der Waals surface area contributed by atoms with Gasteiger partial charge in [-0.3, -0.25) is 0 Å². The maximum absolute atomic E-state index is 8.95. The van der Waals surface area contributed by atoms with E-state index in [1.807, 2.05) is 0 Å². The molecule has 1 rings (SSSR count). The van der Waals surface area contributed by atoms with E-state index in [4.69, 9.17) is 9.84 Å². The second-order valence-electron chi connectivity index (χ2n) is 3.48. The van der Waals surface area contributed by atoms with Gasteiger partial charge >= 0.3 is 0 Å². The minimum atomic E-state index is -0.241. The van der Waals surface area contributed by atoms with E-state index in [-0.39, 0.29) is 6.10 Å². The fourth-order valence-corrected chi connectivity index (χ4v) is 1.45. The molecule has 3 nitrogen and oxygen atoms in total. The Morgan fingerprint density at radius 3 is 3.08 bits per heavy atom. The Balaban J connectivity index is 1.88. The van der Waals surface area contributed by atoms with Crippen LogP contribution in [0.2, 0.25) is 0 Å². The second-order valence-corrected chi connectivity index (χ2v) is 3.48. The van der Waals surface area contributed by atoms with Gasteiger partial charge in [0, 0.05) is 13.2 Å². The highest BCUT2D eigenvalue weighted by molar-refractivity contribution is 4.66. The molecule has 1 unspecified atom stereocenters. The Kier molecular flexibility index (Phi) is 4.58. The van der Waals surface area contributed by atoms with Crippen molar-refractivity contribution in [3.8, 4) is 0 Å². The summed E-state index contributed by atoms with van der Waals surface area (Å²) in [6.07, 6.45) is 3.71. The molecule has 0 bridgehead atoms. The normalized spacial score (nSPS) is 26.0. The number of nitrogens with one attached hydrogen (secondary N) is 1. The van der Waals surface area contributed by atoms with Gasteiger partial charge in [0.15, 0.2) is 0 Å². The van der Waals surface area contributed by atoms with E-state index in [0.29, 0.717) is 12.6 Å². The first-order valence-corrected chi connectivity index (χ1v) is 4.79.